The van der Waals surface area contributed by atoms with Crippen LogP contribution < -0.4 is 26.6 Å². The molecule has 21 heteroatoms. The monoisotopic (exact) mass is 1030 g/mol. The molecule has 1 aliphatic rings. The number of amides is 5. The van der Waals surface area contributed by atoms with Gasteiger partial charge in [0.2, 0.25) is 29.5 Å². The number of aliphatic hydroxyl groups is 2. The number of hydrogen-bond donors (Lipinski definition) is 11. The lowest BCUT2D eigenvalue weighted by molar-refractivity contribution is -0.144. The van der Waals surface area contributed by atoms with Gasteiger partial charge < -0.3 is 57.2 Å². The number of ketones is 1. The minimum Gasteiger partial charge on any atom is -0.481 e. The molecule has 0 aromatic rings. The van der Waals surface area contributed by atoms with Crippen LogP contribution in [0, 0.1) is 17.8 Å². The first kappa shape index (κ1) is 64.8. The zero-order valence-corrected chi connectivity index (χ0v) is 42.8. The first-order chi connectivity index (χ1) is 34.2. The summed E-state index contributed by atoms with van der Waals surface area (Å²) < 4.78 is 0. The van der Waals surface area contributed by atoms with E-state index in [-0.39, 0.29) is 49.2 Å². The Kier molecular flexibility index (Phi) is 34.6. The van der Waals surface area contributed by atoms with Crippen molar-refractivity contribution in [3.63, 3.8) is 0 Å². The Hall–Kier alpha value is -5.18. The molecule has 21 nitrogen and oxygen atoms in total. The molecular formula is C51H87N5O16. The van der Waals surface area contributed by atoms with E-state index in [0.29, 0.717) is 38.6 Å². The summed E-state index contributed by atoms with van der Waals surface area (Å²) in [5, 5.41) is 69.6. The summed E-state index contributed by atoms with van der Waals surface area (Å²) in [6.07, 6.45) is 16.5. The lowest BCUT2D eigenvalue weighted by Gasteiger charge is -2.30. The van der Waals surface area contributed by atoms with Crippen molar-refractivity contribution in [2.75, 3.05) is 6.54 Å². The minimum absolute atomic E-state index is 0.0157. The topological polar surface area (TPSA) is 352 Å². The number of rotatable bonds is 43. The van der Waals surface area contributed by atoms with Crippen molar-refractivity contribution >= 4 is 59.2 Å². The molecule has 0 aromatic heterocycles. The van der Waals surface area contributed by atoms with Gasteiger partial charge in [-0.25, -0.2) is 14.4 Å². The SMILES string of the molecule is CC(C)C(=O)CC[C@H](NC(=O)CCC(NC(=O)CC[C@H](NC(=O)CCC(NC(=O)C1CCC(CNC(=O)CCCCCCCCCCCCCCCCCCC(=O)O)CC1)C(O)O)C(=O)O)C(=O)O)C(=O)O. The Morgan fingerprint density at radius 1 is 0.431 bits per heavy atom. The van der Waals surface area contributed by atoms with Gasteiger partial charge in [0.05, 0.1) is 6.04 Å². The standard InChI is InChI=1S/C51H87N5O16/c1-34(2)41(57)29-25-37(48(65)66)53-43(59)30-26-38(49(67)68)54-44(60)31-27-39(50(69)70)55-45(61)32-28-40(51(71)72)56-47(64)36-23-21-35(22-24-36)33-52-42(58)19-17-15-13-11-9-7-5-3-4-6-8-10-12-14-16-18-20-46(62)63/h34-40,51,71-72H,3-33H2,1-2H3,(H,52,58)(H,53,59)(H,54,60)(H,55,61)(H,56,64)(H,62,63)(H,65,66)(H,67,68)(H,69,70)/t35?,36?,37-,38?,39-,40?/m0/s1. The summed E-state index contributed by atoms with van der Waals surface area (Å²) in [5.41, 5.74) is 0. The van der Waals surface area contributed by atoms with Crippen LogP contribution in [-0.2, 0) is 47.9 Å². The van der Waals surface area contributed by atoms with Gasteiger partial charge in [-0.3, -0.25) is 33.6 Å². The van der Waals surface area contributed by atoms with Crippen molar-refractivity contribution in [2.24, 2.45) is 17.8 Å². The predicted octanol–water partition coefficient (Wildman–Crippen LogP) is 4.87. The summed E-state index contributed by atoms with van der Waals surface area (Å²) >= 11 is 0. The van der Waals surface area contributed by atoms with Gasteiger partial charge in [-0.05, 0) is 70.1 Å². The predicted molar refractivity (Wildman–Crippen MR) is 265 cm³/mol. The molecule has 0 heterocycles. The summed E-state index contributed by atoms with van der Waals surface area (Å²) in [5.74, 6) is -8.80. The third kappa shape index (κ3) is 32.0. The molecule has 5 amide bonds. The average Bonchev–Trinajstić information content (AvgIpc) is 3.32. The first-order valence-electron chi connectivity index (χ1n) is 26.4. The van der Waals surface area contributed by atoms with Crippen molar-refractivity contribution in [1.82, 2.24) is 26.6 Å². The van der Waals surface area contributed by atoms with Gasteiger partial charge in [-0.2, -0.15) is 0 Å². The largest absolute Gasteiger partial charge is 0.481 e. The molecule has 72 heavy (non-hydrogen) atoms. The van der Waals surface area contributed by atoms with Crippen LogP contribution in [0.2, 0.25) is 0 Å². The van der Waals surface area contributed by atoms with Gasteiger partial charge in [0.25, 0.3) is 0 Å². The highest BCUT2D eigenvalue weighted by Gasteiger charge is 2.31. The number of carbonyl (C=O) groups is 10. The molecule has 1 rings (SSSR count). The van der Waals surface area contributed by atoms with Crippen LogP contribution in [0.3, 0.4) is 0 Å². The van der Waals surface area contributed by atoms with Gasteiger partial charge >= 0.3 is 23.9 Å². The van der Waals surface area contributed by atoms with Crippen LogP contribution in [0.1, 0.15) is 206 Å². The molecule has 0 spiro atoms. The molecule has 2 unspecified atom stereocenters. The number of hydrogen-bond acceptors (Lipinski definition) is 12. The maximum atomic E-state index is 13.1. The molecular weight excluding hydrogens is 939 g/mol. The molecule has 0 aliphatic heterocycles. The van der Waals surface area contributed by atoms with E-state index in [2.05, 4.69) is 26.6 Å². The molecule has 11 N–H and O–H groups in total. The Balaban J connectivity index is 2.32. The number of nitrogens with one attached hydrogen (secondary N) is 5. The third-order valence-electron chi connectivity index (χ3n) is 13.3. The van der Waals surface area contributed by atoms with E-state index in [1.54, 1.807) is 13.8 Å². The van der Waals surface area contributed by atoms with Crippen molar-refractivity contribution in [3.05, 3.63) is 0 Å². The summed E-state index contributed by atoms with van der Waals surface area (Å²) in [6.45, 7) is 3.82. The first-order valence-corrected chi connectivity index (χ1v) is 26.4. The summed E-state index contributed by atoms with van der Waals surface area (Å²) in [6, 6.07) is -5.82. The second-order valence-electron chi connectivity index (χ2n) is 19.8. The van der Waals surface area contributed by atoms with Gasteiger partial charge in [-0.1, -0.05) is 104 Å². The number of aliphatic carboxylic acids is 4. The number of aliphatic hydroxyl groups excluding tert-OH is 1. The average molecular weight is 1030 g/mol. The second kappa shape index (κ2) is 38.4. The van der Waals surface area contributed by atoms with Gasteiger partial charge in [-0.15, -0.1) is 0 Å². The van der Waals surface area contributed by atoms with Crippen molar-refractivity contribution in [2.45, 2.75) is 237 Å². The summed E-state index contributed by atoms with van der Waals surface area (Å²) in [4.78, 5) is 121. The fourth-order valence-corrected chi connectivity index (χ4v) is 8.59. The van der Waals surface area contributed by atoms with Crippen LogP contribution in [-0.4, -0.2) is 127 Å². The highest BCUT2D eigenvalue weighted by atomic mass is 16.5. The Morgan fingerprint density at radius 2 is 0.792 bits per heavy atom. The normalized spacial score (nSPS) is 16.2. The quantitative estimate of drug-likeness (QED) is 0.0287. The van der Waals surface area contributed by atoms with Crippen LogP contribution in [0.15, 0.2) is 0 Å². The number of carboxylic acid groups (broad SMARTS) is 4. The van der Waals surface area contributed by atoms with Crippen LogP contribution >= 0.6 is 0 Å². The number of carboxylic acids is 4. The molecule has 0 bridgehead atoms. The maximum Gasteiger partial charge on any atom is 0.326 e. The fourth-order valence-electron chi connectivity index (χ4n) is 8.59. The van der Waals surface area contributed by atoms with Crippen LogP contribution in [0.5, 0.6) is 0 Å². The molecule has 1 aliphatic carbocycles. The van der Waals surface area contributed by atoms with Gasteiger partial charge in [0, 0.05) is 56.9 Å². The van der Waals surface area contributed by atoms with Crippen molar-refractivity contribution in [1.29, 1.82) is 0 Å². The lowest BCUT2D eigenvalue weighted by Crippen LogP contribution is -2.48. The zero-order valence-electron chi connectivity index (χ0n) is 42.8. The van der Waals surface area contributed by atoms with E-state index in [1.807, 2.05) is 0 Å². The van der Waals surface area contributed by atoms with E-state index in [1.165, 1.54) is 64.2 Å². The number of carbonyl (C=O) groups excluding carboxylic acids is 6. The Labute approximate surface area is 424 Å². The Bertz CT molecular complexity index is 1680. The summed E-state index contributed by atoms with van der Waals surface area (Å²) in [7, 11) is 0. The fraction of sp³-hybridized carbons (Fsp3) is 0.804. The van der Waals surface area contributed by atoms with Crippen LogP contribution in [0.25, 0.3) is 0 Å². The lowest BCUT2D eigenvalue weighted by atomic mass is 9.81. The molecule has 0 radical (unpaired) electrons. The zero-order chi connectivity index (χ0) is 53.8. The maximum absolute atomic E-state index is 13.1. The molecule has 1 fully saturated rings. The van der Waals surface area contributed by atoms with E-state index >= 15 is 0 Å². The third-order valence-corrected chi connectivity index (χ3v) is 13.3. The van der Waals surface area contributed by atoms with E-state index in [9.17, 15) is 73.5 Å². The minimum atomic E-state index is -2.03. The van der Waals surface area contributed by atoms with E-state index in [4.69, 9.17) is 5.11 Å². The van der Waals surface area contributed by atoms with E-state index in [0.717, 1.165) is 38.5 Å². The smallest absolute Gasteiger partial charge is 0.326 e. The van der Waals surface area contributed by atoms with Crippen molar-refractivity contribution in [3.8, 4) is 0 Å². The second-order valence-corrected chi connectivity index (χ2v) is 19.8. The highest BCUT2D eigenvalue weighted by Crippen LogP contribution is 2.29. The highest BCUT2D eigenvalue weighted by molar-refractivity contribution is 5.88. The molecule has 1 saturated carbocycles. The van der Waals surface area contributed by atoms with Gasteiger partial charge in [0.15, 0.2) is 6.29 Å². The molecule has 412 valence electrons. The van der Waals surface area contributed by atoms with Gasteiger partial charge in [0.1, 0.15) is 23.9 Å². The van der Waals surface area contributed by atoms with Crippen molar-refractivity contribution < 1.29 is 78.6 Å². The van der Waals surface area contributed by atoms with Crippen LogP contribution in [0.4, 0.5) is 0 Å². The molecule has 0 saturated heterocycles. The number of unbranched alkanes of at least 4 members (excludes halogenated alkanes) is 15. The molecule has 0 aromatic carbocycles. The molecule has 4 atom stereocenters. The van der Waals surface area contributed by atoms with E-state index < -0.39 is 116 Å². The Morgan fingerprint density at radius 3 is 1.15 bits per heavy atom. The number of Topliss-reactive ketones (excluding diaryl/α,β-unsaturated/α-hetero) is 1.